The second-order valence-electron chi connectivity index (χ2n) is 5.38. The molecule has 0 spiro atoms. The van der Waals surface area contributed by atoms with Gasteiger partial charge in [-0.25, -0.2) is 0 Å². The number of hydrogen-bond acceptors (Lipinski definition) is 3. The number of ether oxygens (including phenoxy) is 1. The molecule has 0 aliphatic heterocycles. The van der Waals surface area contributed by atoms with Crippen molar-refractivity contribution in [2.45, 2.75) is 59.5 Å². The summed E-state index contributed by atoms with van der Waals surface area (Å²) in [6.45, 7) is 8.79. The fraction of sp³-hybridized carbons (Fsp3) is 0.833. The number of carbonyl (C=O) groups is 2. The first-order valence-corrected chi connectivity index (χ1v) is 5.56. The van der Waals surface area contributed by atoms with Crippen LogP contribution in [0.3, 0.4) is 0 Å². The molecule has 0 fully saturated rings. The van der Waals surface area contributed by atoms with E-state index in [9.17, 15) is 9.59 Å². The Balaban J connectivity index is 4.53. The van der Waals surface area contributed by atoms with Crippen LogP contribution in [0.25, 0.3) is 0 Å². The number of carboxylic acid groups (broad SMARTS) is 1. The van der Waals surface area contributed by atoms with Crippen LogP contribution in [0.2, 0.25) is 0 Å². The first kappa shape index (κ1) is 14.9. The van der Waals surface area contributed by atoms with Crippen LogP contribution in [-0.2, 0) is 14.3 Å². The minimum Gasteiger partial charge on any atom is -0.481 e. The molecule has 1 unspecified atom stereocenters. The summed E-state index contributed by atoms with van der Waals surface area (Å²) >= 11 is 0. The molecule has 1 atom stereocenters. The summed E-state index contributed by atoms with van der Waals surface area (Å²) < 4.78 is 5.13. The molecular weight excluding hydrogens is 208 g/mol. The summed E-state index contributed by atoms with van der Waals surface area (Å²) in [5.74, 6) is -1.40. The van der Waals surface area contributed by atoms with Crippen molar-refractivity contribution in [3.63, 3.8) is 0 Å². The van der Waals surface area contributed by atoms with E-state index in [4.69, 9.17) is 9.84 Å². The largest absolute Gasteiger partial charge is 0.481 e. The highest BCUT2D eigenvalue weighted by Crippen LogP contribution is 2.29. The SMILES string of the molecule is CCCC(C)(CC(=O)OC(C)(C)C)C(=O)O. The van der Waals surface area contributed by atoms with Gasteiger partial charge in [0.1, 0.15) is 5.60 Å². The molecule has 0 rings (SSSR count). The van der Waals surface area contributed by atoms with Crippen molar-refractivity contribution in [2.75, 3.05) is 0 Å². The number of carboxylic acids is 1. The molecule has 0 aromatic heterocycles. The van der Waals surface area contributed by atoms with Crippen LogP contribution in [0.1, 0.15) is 53.9 Å². The normalized spacial score (nSPS) is 15.3. The molecule has 0 radical (unpaired) electrons. The maximum Gasteiger partial charge on any atom is 0.309 e. The molecule has 0 aromatic rings. The van der Waals surface area contributed by atoms with Crippen molar-refractivity contribution in [2.24, 2.45) is 5.41 Å². The molecule has 0 saturated carbocycles. The predicted molar refractivity (Wildman–Crippen MR) is 61.1 cm³/mol. The third kappa shape index (κ3) is 5.14. The zero-order valence-corrected chi connectivity index (χ0v) is 10.8. The first-order valence-electron chi connectivity index (χ1n) is 5.56. The predicted octanol–water partition coefficient (Wildman–Crippen LogP) is 2.61. The fourth-order valence-corrected chi connectivity index (χ4v) is 1.52. The molecule has 0 bridgehead atoms. The highest BCUT2D eigenvalue weighted by Gasteiger charge is 2.36. The van der Waals surface area contributed by atoms with Crippen molar-refractivity contribution >= 4 is 11.9 Å². The van der Waals surface area contributed by atoms with Gasteiger partial charge in [0.05, 0.1) is 11.8 Å². The Bertz CT molecular complexity index is 265. The molecule has 0 aliphatic carbocycles. The van der Waals surface area contributed by atoms with Gasteiger partial charge < -0.3 is 9.84 Å². The Hall–Kier alpha value is -1.06. The van der Waals surface area contributed by atoms with Gasteiger partial charge in [-0.2, -0.15) is 0 Å². The molecule has 0 amide bonds. The van der Waals surface area contributed by atoms with E-state index in [1.807, 2.05) is 6.92 Å². The Kier molecular flexibility index (Phi) is 4.97. The van der Waals surface area contributed by atoms with E-state index in [-0.39, 0.29) is 6.42 Å². The maximum absolute atomic E-state index is 11.6. The van der Waals surface area contributed by atoms with Crippen LogP contribution in [0.5, 0.6) is 0 Å². The lowest BCUT2D eigenvalue weighted by molar-refractivity contribution is -0.164. The Morgan fingerprint density at radius 3 is 2.00 bits per heavy atom. The van der Waals surface area contributed by atoms with Crippen LogP contribution in [0, 0.1) is 5.41 Å². The average Bonchev–Trinajstić information content (AvgIpc) is 1.99. The zero-order valence-electron chi connectivity index (χ0n) is 10.8. The van der Waals surface area contributed by atoms with Gasteiger partial charge in [0.25, 0.3) is 0 Å². The van der Waals surface area contributed by atoms with Gasteiger partial charge in [-0.3, -0.25) is 9.59 Å². The van der Waals surface area contributed by atoms with Crippen LogP contribution >= 0.6 is 0 Å². The molecule has 4 nitrogen and oxygen atoms in total. The average molecular weight is 230 g/mol. The molecule has 4 heteroatoms. The summed E-state index contributed by atoms with van der Waals surface area (Å²) in [5, 5.41) is 9.10. The summed E-state index contributed by atoms with van der Waals surface area (Å²) in [7, 11) is 0. The smallest absolute Gasteiger partial charge is 0.309 e. The van der Waals surface area contributed by atoms with Crippen LogP contribution < -0.4 is 0 Å². The van der Waals surface area contributed by atoms with Crippen molar-refractivity contribution in [1.29, 1.82) is 0 Å². The molecule has 0 aliphatic rings. The number of esters is 1. The van der Waals surface area contributed by atoms with Gasteiger partial charge >= 0.3 is 11.9 Å². The highest BCUT2D eigenvalue weighted by atomic mass is 16.6. The van der Waals surface area contributed by atoms with E-state index in [0.717, 1.165) is 6.42 Å². The third-order valence-corrected chi connectivity index (χ3v) is 2.27. The summed E-state index contributed by atoms with van der Waals surface area (Å²) in [4.78, 5) is 22.7. The molecule has 94 valence electrons. The lowest BCUT2D eigenvalue weighted by atomic mass is 9.82. The standard InChI is InChI=1S/C12H22O4/c1-6-7-12(5,10(14)15)8-9(13)16-11(2,3)4/h6-8H2,1-5H3,(H,14,15). The number of rotatable bonds is 5. The van der Waals surface area contributed by atoms with Crippen LogP contribution in [0.15, 0.2) is 0 Å². The second-order valence-corrected chi connectivity index (χ2v) is 5.38. The van der Waals surface area contributed by atoms with Gasteiger partial charge in [-0.15, -0.1) is 0 Å². The molecule has 0 heterocycles. The number of aliphatic carboxylic acids is 1. The van der Waals surface area contributed by atoms with Crippen molar-refractivity contribution < 1.29 is 19.4 Å². The van der Waals surface area contributed by atoms with E-state index in [0.29, 0.717) is 6.42 Å². The first-order chi connectivity index (χ1) is 7.10. The minimum atomic E-state index is -1.02. The van der Waals surface area contributed by atoms with Gasteiger partial charge in [0.2, 0.25) is 0 Å². The summed E-state index contributed by atoms with van der Waals surface area (Å²) in [5.41, 5.74) is -1.58. The van der Waals surface area contributed by atoms with E-state index in [1.54, 1.807) is 27.7 Å². The van der Waals surface area contributed by atoms with Crippen LogP contribution in [0.4, 0.5) is 0 Å². The Morgan fingerprint density at radius 1 is 1.19 bits per heavy atom. The Morgan fingerprint density at radius 2 is 1.69 bits per heavy atom. The van der Waals surface area contributed by atoms with E-state index in [1.165, 1.54) is 0 Å². The summed E-state index contributed by atoms with van der Waals surface area (Å²) in [6.07, 6.45) is 1.13. The third-order valence-electron chi connectivity index (χ3n) is 2.27. The lowest BCUT2D eigenvalue weighted by Gasteiger charge is -2.26. The van der Waals surface area contributed by atoms with Gasteiger partial charge in [0.15, 0.2) is 0 Å². The lowest BCUT2D eigenvalue weighted by Crippen LogP contribution is -2.33. The van der Waals surface area contributed by atoms with E-state index in [2.05, 4.69) is 0 Å². The highest BCUT2D eigenvalue weighted by molar-refractivity contribution is 5.82. The number of carbonyl (C=O) groups excluding carboxylic acids is 1. The van der Waals surface area contributed by atoms with Crippen molar-refractivity contribution in [3.8, 4) is 0 Å². The van der Waals surface area contributed by atoms with Crippen molar-refractivity contribution in [1.82, 2.24) is 0 Å². The number of hydrogen-bond donors (Lipinski definition) is 1. The molecule has 0 saturated heterocycles. The monoisotopic (exact) mass is 230 g/mol. The second kappa shape index (κ2) is 5.32. The molecule has 0 aromatic carbocycles. The van der Waals surface area contributed by atoms with E-state index < -0.39 is 23.0 Å². The summed E-state index contributed by atoms with van der Waals surface area (Å²) in [6, 6.07) is 0. The molecule has 16 heavy (non-hydrogen) atoms. The van der Waals surface area contributed by atoms with Crippen LogP contribution in [-0.4, -0.2) is 22.6 Å². The topological polar surface area (TPSA) is 63.6 Å². The van der Waals surface area contributed by atoms with E-state index >= 15 is 0 Å². The van der Waals surface area contributed by atoms with Gasteiger partial charge in [0, 0.05) is 0 Å². The van der Waals surface area contributed by atoms with Crippen molar-refractivity contribution in [3.05, 3.63) is 0 Å². The Labute approximate surface area is 97.0 Å². The van der Waals surface area contributed by atoms with Gasteiger partial charge in [-0.05, 0) is 34.1 Å². The van der Waals surface area contributed by atoms with Gasteiger partial charge in [-0.1, -0.05) is 13.3 Å². The zero-order chi connectivity index (χ0) is 13.0. The maximum atomic E-state index is 11.6. The minimum absolute atomic E-state index is 0.0759. The fourth-order valence-electron chi connectivity index (χ4n) is 1.52. The quantitative estimate of drug-likeness (QED) is 0.737. The molecular formula is C12H22O4. The molecule has 1 N–H and O–H groups in total.